The van der Waals surface area contributed by atoms with Crippen LogP contribution in [0.1, 0.15) is 49.0 Å². The molecule has 9 nitrogen and oxygen atoms in total. The van der Waals surface area contributed by atoms with Gasteiger partial charge in [0.25, 0.3) is 0 Å². The van der Waals surface area contributed by atoms with Gasteiger partial charge in [0, 0.05) is 77.1 Å². The third-order valence-electron chi connectivity index (χ3n) is 9.37. The molecule has 3 heterocycles. The number of likely N-dealkylation sites (N-methyl/N-ethyl adjacent to an activating group) is 1. The molecule has 0 radical (unpaired) electrons. The maximum atomic E-state index is 14.7. The standard InChI is InChI=1S/C32H42F2N6O3/c1-31(2,29(42)39-15-13-37(3)14-16-39)21-36-26-17-22(5-7-25(26)34)20-35-30(43)40-11-9-32(10-12-40)19-28(41)24-18-23(33)6-8-27(24)38(32)4/h5-8,17-18,36H,9-16,19-21H2,1-4H3,(H,35,43). The average Bonchev–Trinajstić information content (AvgIpc) is 2.99. The van der Waals surface area contributed by atoms with E-state index in [0.29, 0.717) is 51.0 Å². The number of hydrogen-bond acceptors (Lipinski definition) is 6. The zero-order chi connectivity index (χ0) is 30.9. The van der Waals surface area contributed by atoms with Crippen molar-refractivity contribution >= 4 is 29.1 Å². The lowest BCUT2D eigenvalue weighted by molar-refractivity contribution is -0.141. The molecule has 2 fully saturated rings. The third kappa shape index (κ3) is 6.46. The fourth-order valence-electron chi connectivity index (χ4n) is 6.37. The van der Waals surface area contributed by atoms with Crippen LogP contribution in [-0.4, -0.2) is 97.9 Å². The molecule has 1 spiro atoms. The fraction of sp³-hybridized carbons (Fsp3) is 0.531. The molecule has 0 atom stereocenters. The molecule has 3 aliphatic heterocycles. The SMILES string of the molecule is CN1CCN(C(=O)C(C)(C)CNc2cc(CNC(=O)N3CCC4(CC3)CC(=O)c3cc(F)ccc3N4C)ccc2F)CC1. The van der Waals surface area contributed by atoms with Gasteiger partial charge in [0.1, 0.15) is 11.6 Å². The summed E-state index contributed by atoms with van der Waals surface area (Å²) in [5.74, 6) is -0.873. The van der Waals surface area contributed by atoms with E-state index in [2.05, 4.69) is 20.4 Å². The van der Waals surface area contributed by atoms with Crippen molar-refractivity contribution in [3.63, 3.8) is 0 Å². The van der Waals surface area contributed by atoms with E-state index >= 15 is 0 Å². The Labute approximate surface area is 252 Å². The molecule has 3 aliphatic rings. The number of nitrogens with zero attached hydrogens (tertiary/aromatic N) is 4. The van der Waals surface area contributed by atoms with Crippen LogP contribution in [0.2, 0.25) is 0 Å². The lowest BCUT2D eigenvalue weighted by Crippen LogP contribution is -2.59. The average molecular weight is 597 g/mol. The predicted octanol–water partition coefficient (Wildman–Crippen LogP) is 3.94. The van der Waals surface area contributed by atoms with Crippen molar-refractivity contribution in [1.29, 1.82) is 0 Å². The van der Waals surface area contributed by atoms with Crippen molar-refractivity contribution in [2.24, 2.45) is 5.41 Å². The summed E-state index contributed by atoms with van der Waals surface area (Å²) < 4.78 is 28.4. The number of halogens is 2. The van der Waals surface area contributed by atoms with Crippen molar-refractivity contribution < 1.29 is 23.2 Å². The molecular formula is C32H42F2N6O3. The smallest absolute Gasteiger partial charge is 0.317 e. The zero-order valence-corrected chi connectivity index (χ0v) is 25.5. The number of rotatable bonds is 6. The van der Waals surface area contributed by atoms with E-state index in [1.54, 1.807) is 23.1 Å². The van der Waals surface area contributed by atoms with Gasteiger partial charge in [0.2, 0.25) is 5.91 Å². The Hall–Kier alpha value is -3.73. The highest BCUT2D eigenvalue weighted by atomic mass is 19.1. The maximum absolute atomic E-state index is 14.7. The number of likely N-dealkylation sites (tertiary alicyclic amines) is 1. The van der Waals surface area contributed by atoms with Crippen LogP contribution in [0.15, 0.2) is 36.4 Å². The minimum atomic E-state index is -0.715. The molecule has 5 rings (SSSR count). The molecule has 0 aromatic heterocycles. The number of benzene rings is 2. The predicted molar refractivity (Wildman–Crippen MR) is 162 cm³/mol. The van der Waals surface area contributed by atoms with E-state index < -0.39 is 22.6 Å². The summed E-state index contributed by atoms with van der Waals surface area (Å²) in [7, 11) is 3.97. The molecule has 0 saturated carbocycles. The van der Waals surface area contributed by atoms with Gasteiger partial charge in [-0.25, -0.2) is 13.6 Å². The molecule has 0 aliphatic carbocycles. The molecule has 3 amide bonds. The van der Waals surface area contributed by atoms with E-state index in [1.165, 1.54) is 18.2 Å². The van der Waals surface area contributed by atoms with Crippen LogP contribution < -0.4 is 15.5 Å². The third-order valence-corrected chi connectivity index (χ3v) is 9.37. The number of fused-ring (bicyclic) bond motifs is 1. The number of ketones is 1. The van der Waals surface area contributed by atoms with Crippen LogP contribution in [0.4, 0.5) is 25.0 Å². The summed E-state index contributed by atoms with van der Waals surface area (Å²) in [6.07, 6.45) is 1.53. The highest BCUT2D eigenvalue weighted by molar-refractivity contribution is 6.04. The highest BCUT2D eigenvalue weighted by Crippen LogP contribution is 2.42. The number of piperazine rings is 1. The topological polar surface area (TPSA) is 88.2 Å². The molecule has 2 aromatic rings. The molecule has 0 unspecified atom stereocenters. The number of carbonyl (C=O) groups is 3. The van der Waals surface area contributed by atoms with E-state index in [0.717, 1.165) is 24.3 Å². The molecule has 43 heavy (non-hydrogen) atoms. The van der Waals surface area contributed by atoms with Crippen molar-refractivity contribution in [3.05, 3.63) is 59.2 Å². The summed E-state index contributed by atoms with van der Waals surface area (Å²) in [4.78, 5) is 46.9. The monoisotopic (exact) mass is 596 g/mol. The number of piperidine rings is 1. The van der Waals surface area contributed by atoms with Gasteiger partial charge >= 0.3 is 6.03 Å². The minimum absolute atomic E-state index is 0.0436. The number of amides is 3. The zero-order valence-electron chi connectivity index (χ0n) is 25.5. The summed E-state index contributed by atoms with van der Waals surface area (Å²) in [6.45, 7) is 8.23. The molecule has 2 aromatic carbocycles. The Morgan fingerprint density at radius 2 is 1.63 bits per heavy atom. The fourth-order valence-corrected chi connectivity index (χ4v) is 6.37. The number of carbonyl (C=O) groups excluding carboxylic acids is 3. The summed E-state index contributed by atoms with van der Waals surface area (Å²) in [5, 5.41) is 6.05. The molecule has 11 heteroatoms. The largest absolute Gasteiger partial charge is 0.382 e. The molecule has 232 valence electrons. The lowest BCUT2D eigenvalue weighted by Gasteiger charge is -2.50. The molecule has 2 saturated heterocycles. The number of nitrogens with one attached hydrogen (secondary N) is 2. The second kappa shape index (κ2) is 12.1. The summed E-state index contributed by atoms with van der Waals surface area (Å²) in [5.41, 5.74) is 1.03. The van der Waals surface area contributed by atoms with Gasteiger partial charge in [0.05, 0.1) is 16.6 Å². The minimum Gasteiger partial charge on any atom is -0.382 e. The van der Waals surface area contributed by atoms with Gasteiger partial charge in [-0.05, 0) is 69.6 Å². The Bertz CT molecular complexity index is 1380. The van der Waals surface area contributed by atoms with Crippen molar-refractivity contribution in [2.45, 2.75) is 45.2 Å². The number of anilines is 2. The maximum Gasteiger partial charge on any atom is 0.317 e. The first-order valence-corrected chi connectivity index (χ1v) is 15.0. The van der Waals surface area contributed by atoms with Crippen LogP contribution in [0.25, 0.3) is 0 Å². The second-order valence-electron chi connectivity index (χ2n) is 12.8. The normalized spacial score (nSPS) is 18.9. The first kappa shape index (κ1) is 30.7. The van der Waals surface area contributed by atoms with E-state index in [1.807, 2.05) is 32.8 Å². The van der Waals surface area contributed by atoms with Gasteiger partial charge in [-0.15, -0.1) is 0 Å². The summed E-state index contributed by atoms with van der Waals surface area (Å²) in [6, 6.07) is 8.77. The van der Waals surface area contributed by atoms with Crippen LogP contribution in [0, 0.1) is 17.0 Å². The van der Waals surface area contributed by atoms with Crippen LogP contribution >= 0.6 is 0 Å². The Morgan fingerprint density at radius 1 is 0.930 bits per heavy atom. The Balaban J connectivity index is 1.14. The van der Waals surface area contributed by atoms with E-state index in [4.69, 9.17) is 0 Å². The van der Waals surface area contributed by atoms with Crippen molar-refractivity contribution in [3.8, 4) is 0 Å². The quantitative estimate of drug-likeness (QED) is 0.526. The van der Waals surface area contributed by atoms with Crippen molar-refractivity contribution in [1.82, 2.24) is 20.0 Å². The van der Waals surface area contributed by atoms with Gasteiger partial charge in [-0.2, -0.15) is 0 Å². The van der Waals surface area contributed by atoms with Gasteiger partial charge in [0.15, 0.2) is 5.78 Å². The number of hydrogen-bond donors (Lipinski definition) is 2. The summed E-state index contributed by atoms with van der Waals surface area (Å²) >= 11 is 0. The molecular weight excluding hydrogens is 554 g/mol. The Kier molecular flexibility index (Phi) is 8.65. The van der Waals surface area contributed by atoms with E-state index in [-0.39, 0.29) is 36.5 Å². The first-order valence-electron chi connectivity index (χ1n) is 15.0. The van der Waals surface area contributed by atoms with Crippen LogP contribution in [0.3, 0.4) is 0 Å². The van der Waals surface area contributed by atoms with E-state index in [9.17, 15) is 23.2 Å². The van der Waals surface area contributed by atoms with Gasteiger partial charge < -0.3 is 30.2 Å². The highest BCUT2D eigenvalue weighted by Gasteiger charge is 2.45. The number of Topliss-reactive ketones (excluding diaryl/α,β-unsaturated/α-hetero) is 1. The van der Waals surface area contributed by atoms with Crippen LogP contribution in [0.5, 0.6) is 0 Å². The lowest BCUT2D eigenvalue weighted by atomic mass is 9.77. The second-order valence-corrected chi connectivity index (χ2v) is 12.8. The molecule has 0 bridgehead atoms. The van der Waals surface area contributed by atoms with Crippen LogP contribution in [-0.2, 0) is 11.3 Å². The first-order chi connectivity index (χ1) is 20.4. The van der Waals surface area contributed by atoms with Gasteiger partial charge in [-0.1, -0.05) is 6.07 Å². The number of urea groups is 1. The molecule has 2 N–H and O–H groups in total. The Morgan fingerprint density at radius 3 is 2.33 bits per heavy atom. The van der Waals surface area contributed by atoms with Gasteiger partial charge in [-0.3, -0.25) is 9.59 Å². The van der Waals surface area contributed by atoms with Crippen molar-refractivity contribution in [2.75, 3.05) is 70.1 Å².